The first-order valence-corrected chi connectivity index (χ1v) is 25.1. The molecule has 3 aliphatic rings. The number of esters is 1. The molecule has 320 valence electrons. The van der Waals surface area contributed by atoms with Crippen molar-refractivity contribution in [1.82, 2.24) is 25.2 Å². The average Bonchev–Trinajstić information content (AvgIpc) is 4.02. The Hall–Kier alpha value is -3.86. The van der Waals surface area contributed by atoms with E-state index < -0.39 is 19.9 Å². The van der Waals surface area contributed by atoms with Crippen LogP contribution in [0.2, 0.25) is 18.1 Å². The van der Waals surface area contributed by atoms with Gasteiger partial charge in [-0.15, -0.1) is 16.4 Å². The number of ether oxygens (including phenoxy) is 2. The van der Waals surface area contributed by atoms with Crippen molar-refractivity contribution in [2.45, 2.75) is 134 Å². The Morgan fingerprint density at radius 1 is 1.12 bits per heavy atom. The molecule has 0 spiro atoms. The third-order valence-corrected chi connectivity index (χ3v) is 18.7. The lowest BCUT2D eigenvalue weighted by atomic mass is 9.84. The minimum atomic E-state index is -2.23. The summed E-state index contributed by atoms with van der Waals surface area (Å²) in [5, 5.41) is 39.5. The van der Waals surface area contributed by atoms with Crippen LogP contribution < -0.4 is 15.4 Å². The number of nitrogens with zero attached hydrogens (tertiary/aromatic N) is 4. The largest absolute Gasteiger partial charge is 0.506 e. The number of aromatic nitrogens is 3. The Morgan fingerprint density at radius 3 is 2.59 bits per heavy atom. The number of aryl methyl sites for hydroxylation is 1. The zero-order chi connectivity index (χ0) is 42.0. The van der Waals surface area contributed by atoms with Crippen LogP contribution in [0.25, 0.3) is 11.0 Å². The fraction of sp³-hybridized carbons (Fsp3) is 0.591. The molecule has 13 nitrogen and oxygen atoms in total. The normalized spacial score (nSPS) is 20.6. The fourth-order valence-electron chi connectivity index (χ4n) is 8.62. The molecule has 3 heterocycles. The SMILES string of the molecule is CN(CCCn1nnc2cc(CNC[C@H](O[Si](C)(C)C(C)(C)C)c3ccc(O)c4c3OCC(=O)N4)ccc21)[C@H]1CC[C@H](OC(=O)[C@](O)(c2cccs2)C2CCCC2)CC1. The fourth-order valence-corrected chi connectivity index (χ4v) is 10.8. The van der Waals surface area contributed by atoms with E-state index in [1.54, 1.807) is 6.07 Å². The number of rotatable bonds is 16. The molecule has 4 N–H and O–H groups in total. The van der Waals surface area contributed by atoms with Gasteiger partial charge in [-0.1, -0.05) is 51.0 Å². The maximum Gasteiger partial charge on any atom is 0.344 e. The van der Waals surface area contributed by atoms with Crippen molar-refractivity contribution < 1.29 is 33.7 Å². The predicted molar refractivity (Wildman–Crippen MR) is 232 cm³/mol. The minimum Gasteiger partial charge on any atom is -0.506 e. The molecule has 0 bridgehead atoms. The van der Waals surface area contributed by atoms with Crippen molar-refractivity contribution in [1.29, 1.82) is 0 Å². The summed E-state index contributed by atoms with van der Waals surface area (Å²) in [4.78, 5) is 28.7. The second kappa shape index (κ2) is 18.0. The molecule has 2 fully saturated rings. The van der Waals surface area contributed by atoms with Gasteiger partial charge in [0.1, 0.15) is 23.1 Å². The Balaban J connectivity index is 0.899. The van der Waals surface area contributed by atoms with Crippen LogP contribution in [0.1, 0.15) is 101 Å². The lowest BCUT2D eigenvalue weighted by Crippen LogP contribution is -2.45. The summed E-state index contributed by atoms with van der Waals surface area (Å²) in [5.41, 5.74) is 2.43. The highest BCUT2D eigenvalue weighted by atomic mass is 32.1. The summed E-state index contributed by atoms with van der Waals surface area (Å²) >= 11 is 1.44. The lowest BCUT2D eigenvalue weighted by Gasteiger charge is -2.40. The van der Waals surface area contributed by atoms with Crippen molar-refractivity contribution in [3.05, 3.63) is 63.8 Å². The van der Waals surface area contributed by atoms with Gasteiger partial charge in [0.15, 0.2) is 26.3 Å². The number of phenolic OH excluding ortho intramolecular Hbond substituents is 1. The number of benzene rings is 2. The Bertz CT molecular complexity index is 2070. The monoisotopic (exact) mass is 846 g/mol. The van der Waals surface area contributed by atoms with Crippen LogP contribution >= 0.6 is 11.3 Å². The number of aromatic hydroxyl groups is 1. The van der Waals surface area contributed by atoms with E-state index in [0.29, 0.717) is 29.8 Å². The highest BCUT2D eigenvalue weighted by Crippen LogP contribution is 2.46. The predicted octanol–water partition coefficient (Wildman–Crippen LogP) is 7.64. The summed E-state index contributed by atoms with van der Waals surface area (Å²) in [6.45, 7) is 13.6. The van der Waals surface area contributed by atoms with Gasteiger partial charge >= 0.3 is 5.97 Å². The number of carbonyl (C=O) groups excluding carboxylic acids is 2. The van der Waals surface area contributed by atoms with Gasteiger partial charge in [0.25, 0.3) is 5.91 Å². The topological polar surface area (TPSA) is 160 Å². The molecule has 7 rings (SSSR count). The maximum atomic E-state index is 13.5. The van der Waals surface area contributed by atoms with E-state index >= 15 is 0 Å². The van der Waals surface area contributed by atoms with Gasteiger partial charge < -0.3 is 39.6 Å². The van der Waals surface area contributed by atoms with Crippen LogP contribution in [0.3, 0.4) is 0 Å². The van der Waals surface area contributed by atoms with Crippen LogP contribution in [-0.4, -0.2) is 89.2 Å². The third-order valence-electron chi connectivity index (χ3n) is 13.2. The molecule has 2 aromatic heterocycles. The number of thiophene rings is 1. The van der Waals surface area contributed by atoms with Gasteiger partial charge in [-0.2, -0.15) is 0 Å². The van der Waals surface area contributed by atoms with E-state index in [0.717, 1.165) is 93.0 Å². The van der Waals surface area contributed by atoms with Crippen LogP contribution in [0.5, 0.6) is 11.5 Å². The van der Waals surface area contributed by atoms with E-state index in [2.05, 4.69) is 85.0 Å². The van der Waals surface area contributed by atoms with Crippen molar-refractivity contribution in [3.63, 3.8) is 0 Å². The maximum absolute atomic E-state index is 13.5. The molecule has 4 aromatic rings. The number of phenols is 1. The van der Waals surface area contributed by atoms with Crippen LogP contribution in [0.15, 0.2) is 47.8 Å². The summed E-state index contributed by atoms with van der Waals surface area (Å²) in [5.74, 6) is -0.445. The number of aliphatic hydroxyl groups is 1. The molecule has 0 unspecified atom stereocenters. The molecule has 2 aromatic carbocycles. The van der Waals surface area contributed by atoms with Crippen molar-refractivity contribution in [3.8, 4) is 11.5 Å². The van der Waals surface area contributed by atoms with E-state index in [1.165, 1.54) is 11.3 Å². The van der Waals surface area contributed by atoms with Crippen molar-refractivity contribution >= 4 is 48.3 Å². The number of fused-ring (bicyclic) bond motifs is 2. The quantitative estimate of drug-likeness (QED) is 0.0499. The van der Waals surface area contributed by atoms with E-state index in [-0.39, 0.29) is 47.1 Å². The number of nitrogens with one attached hydrogen (secondary N) is 2. The molecule has 2 atom stereocenters. The van der Waals surface area contributed by atoms with Gasteiger partial charge in [-0.05, 0) is 118 Å². The second-order valence-electron chi connectivity index (χ2n) is 18.2. The van der Waals surface area contributed by atoms with Gasteiger partial charge in [0.05, 0.1) is 11.6 Å². The first-order valence-electron chi connectivity index (χ1n) is 21.3. The van der Waals surface area contributed by atoms with Crippen LogP contribution in [-0.2, 0) is 37.4 Å². The minimum absolute atomic E-state index is 0.0320. The number of hydrogen-bond donors (Lipinski definition) is 4. The Kier molecular flexibility index (Phi) is 13.2. The summed E-state index contributed by atoms with van der Waals surface area (Å²) in [7, 11) is -0.0586. The highest BCUT2D eigenvalue weighted by Gasteiger charge is 2.49. The molecule has 2 aliphatic carbocycles. The molecular formula is C44H62N6O7SSi. The number of hydrogen-bond acceptors (Lipinski definition) is 12. The smallest absolute Gasteiger partial charge is 0.344 e. The summed E-state index contributed by atoms with van der Waals surface area (Å²) in [6, 6.07) is 13.8. The van der Waals surface area contributed by atoms with Crippen LogP contribution in [0.4, 0.5) is 5.69 Å². The standard InChI is InChI=1S/C44H62N6O7SSi/c1-43(2,3)59(5,6)57-37(33-19-21-36(51)40-41(33)55-28-39(52)46-40)27-45-26-29-14-20-35-34(25-29)47-48-50(35)23-10-22-49(4)31-15-17-32(18-16-31)56-42(53)44(54,30-11-7-8-12-30)38-13-9-24-58-38/h9,13-14,19-21,24-25,30-32,37,45,51,54H,7-8,10-12,15-18,22-23,26-28H2,1-6H3,(H,46,52)/t31-,32-,37-,44+/m0/s1. The third kappa shape index (κ3) is 9.55. The second-order valence-corrected chi connectivity index (χ2v) is 23.9. The van der Waals surface area contributed by atoms with Crippen molar-refractivity contribution in [2.75, 3.05) is 32.1 Å². The van der Waals surface area contributed by atoms with Crippen molar-refractivity contribution in [2.24, 2.45) is 5.92 Å². The van der Waals surface area contributed by atoms with Crippen LogP contribution in [0, 0.1) is 5.92 Å². The molecular weight excluding hydrogens is 785 g/mol. The number of anilines is 1. The van der Waals surface area contributed by atoms with E-state index in [9.17, 15) is 19.8 Å². The summed E-state index contributed by atoms with van der Waals surface area (Å²) in [6.07, 6.45) is 7.67. The molecule has 59 heavy (non-hydrogen) atoms. The molecule has 2 saturated carbocycles. The van der Waals surface area contributed by atoms with Gasteiger partial charge in [-0.3, -0.25) is 4.79 Å². The summed E-state index contributed by atoms with van der Waals surface area (Å²) < 4.78 is 20.8. The first kappa shape index (κ1) is 43.2. The van der Waals surface area contributed by atoms with Gasteiger partial charge in [0, 0.05) is 42.0 Å². The zero-order valence-electron chi connectivity index (χ0n) is 35.5. The van der Waals surface area contributed by atoms with E-state index in [4.69, 9.17) is 13.9 Å². The van der Waals surface area contributed by atoms with Gasteiger partial charge in [-0.25, -0.2) is 9.48 Å². The zero-order valence-corrected chi connectivity index (χ0v) is 37.3. The Labute approximate surface area is 352 Å². The first-order chi connectivity index (χ1) is 28.1. The average molecular weight is 847 g/mol. The number of amides is 1. The molecule has 0 saturated heterocycles. The molecule has 15 heteroatoms. The van der Waals surface area contributed by atoms with E-state index in [1.807, 2.05) is 28.3 Å². The highest BCUT2D eigenvalue weighted by molar-refractivity contribution is 7.10. The molecule has 1 aliphatic heterocycles. The Morgan fingerprint density at radius 2 is 1.88 bits per heavy atom. The number of carbonyl (C=O) groups is 2. The van der Waals surface area contributed by atoms with Gasteiger partial charge in [0.2, 0.25) is 0 Å². The lowest BCUT2D eigenvalue weighted by molar-refractivity contribution is -0.180. The molecule has 1 amide bonds. The molecule has 0 radical (unpaired) electrons.